The monoisotopic (exact) mass is 284 g/mol. The Hall–Kier alpha value is -2.33. The number of methoxy groups -OCH3 is 1. The van der Waals surface area contributed by atoms with Crippen LogP contribution in [0.25, 0.3) is 0 Å². The van der Waals surface area contributed by atoms with Gasteiger partial charge in [0.05, 0.1) is 13.2 Å². The number of amides is 1. The van der Waals surface area contributed by atoms with Gasteiger partial charge in [0.1, 0.15) is 11.8 Å². The third-order valence-corrected chi connectivity index (χ3v) is 3.42. The van der Waals surface area contributed by atoms with E-state index in [1.54, 1.807) is 7.11 Å². The lowest BCUT2D eigenvalue weighted by atomic mass is 10.0. The maximum Gasteiger partial charge on any atom is 0.241 e. The maximum atomic E-state index is 12.2. The highest BCUT2D eigenvalue weighted by atomic mass is 16.5. The fraction of sp³-hybridized carbons (Fsp3) is 0.235. The second-order valence-electron chi connectivity index (χ2n) is 4.89. The molecule has 0 heterocycles. The number of hydrogen-bond acceptors (Lipinski definition) is 3. The van der Waals surface area contributed by atoms with Gasteiger partial charge < -0.3 is 15.8 Å². The van der Waals surface area contributed by atoms with Crippen LogP contribution in [0.15, 0.2) is 54.6 Å². The number of carbonyl (C=O) groups is 1. The van der Waals surface area contributed by atoms with Gasteiger partial charge >= 0.3 is 0 Å². The molecule has 1 amide bonds. The minimum Gasteiger partial charge on any atom is -0.497 e. The summed E-state index contributed by atoms with van der Waals surface area (Å²) in [5, 5.41) is 2.93. The van der Waals surface area contributed by atoms with Crippen LogP contribution in [0.2, 0.25) is 0 Å². The van der Waals surface area contributed by atoms with Gasteiger partial charge in [-0.2, -0.15) is 0 Å². The van der Waals surface area contributed by atoms with Crippen molar-refractivity contribution in [1.29, 1.82) is 0 Å². The molecule has 0 unspecified atom stereocenters. The molecule has 0 aliphatic heterocycles. The molecule has 2 aromatic rings. The Balaban J connectivity index is 2.01. The average molecular weight is 284 g/mol. The average Bonchev–Trinajstić information content (AvgIpc) is 2.55. The Morgan fingerprint density at radius 3 is 2.24 bits per heavy atom. The molecule has 0 fully saturated rings. The van der Waals surface area contributed by atoms with Crippen molar-refractivity contribution < 1.29 is 9.53 Å². The first kappa shape index (κ1) is 15.1. The van der Waals surface area contributed by atoms with Gasteiger partial charge in [0.15, 0.2) is 0 Å². The SMILES string of the molecule is COc1ccc([C@H](C)NC(=O)[C@@H](N)c2ccccc2)cc1. The minimum absolute atomic E-state index is 0.113. The second-order valence-corrected chi connectivity index (χ2v) is 4.89. The number of carbonyl (C=O) groups excluding carboxylic acids is 1. The summed E-state index contributed by atoms with van der Waals surface area (Å²) in [6.07, 6.45) is 0. The van der Waals surface area contributed by atoms with E-state index in [9.17, 15) is 4.79 Å². The number of nitrogens with one attached hydrogen (secondary N) is 1. The summed E-state index contributed by atoms with van der Waals surface area (Å²) >= 11 is 0. The number of nitrogens with two attached hydrogens (primary N) is 1. The molecule has 2 rings (SSSR count). The number of rotatable bonds is 5. The van der Waals surface area contributed by atoms with E-state index in [1.165, 1.54) is 0 Å². The van der Waals surface area contributed by atoms with Crippen LogP contribution < -0.4 is 15.8 Å². The molecule has 4 nitrogen and oxygen atoms in total. The predicted molar refractivity (Wildman–Crippen MR) is 82.9 cm³/mol. The lowest BCUT2D eigenvalue weighted by Gasteiger charge is -2.18. The molecule has 0 aliphatic carbocycles. The van der Waals surface area contributed by atoms with Crippen LogP contribution in [-0.4, -0.2) is 13.0 Å². The Labute approximate surface area is 124 Å². The highest BCUT2D eigenvalue weighted by Gasteiger charge is 2.18. The summed E-state index contributed by atoms with van der Waals surface area (Å²) in [6, 6.07) is 16.2. The quantitative estimate of drug-likeness (QED) is 0.887. The first-order valence-electron chi connectivity index (χ1n) is 6.86. The van der Waals surface area contributed by atoms with Crippen molar-refractivity contribution in [3.63, 3.8) is 0 Å². The van der Waals surface area contributed by atoms with Crippen molar-refractivity contribution in [2.24, 2.45) is 5.73 Å². The van der Waals surface area contributed by atoms with E-state index in [0.717, 1.165) is 16.9 Å². The van der Waals surface area contributed by atoms with Gasteiger partial charge in [0.25, 0.3) is 0 Å². The van der Waals surface area contributed by atoms with E-state index in [2.05, 4.69) is 5.32 Å². The lowest BCUT2D eigenvalue weighted by molar-refractivity contribution is -0.123. The topological polar surface area (TPSA) is 64.3 Å². The van der Waals surface area contributed by atoms with Gasteiger partial charge in [-0.15, -0.1) is 0 Å². The Kier molecular flexibility index (Phi) is 4.95. The summed E-state index contributed by atoms with van der Waals surface area (Å²) in [6.45, 7) is 1.93. The molecule has 0 aliphatic rings. The van der Waals surface area contributed by atoms with Crippen LogP contribution in [0.1, 0.15) is 30.1 Å². The predicted octanol–water partition coefficient (Wildman–Crippen LogP) is 2.57. The highest BCUT2D eigenvalue weighted by molar-refractivity contribution is 5.83. The van der Waals surface area contributed by atoms with E-state index in [0.29, 0.717) is 0 Å². The van der Waals surface area contributed by atoms with Crippen LogP contribution in [0.5, 0.6) is 5.75 Å². The third kappa shape index (κ3) is 3.83. The van der Waals surface area contributed by atoms with Gasteiger partial charge in [-0.25, -0.2) is 0 Å². The van der Waals surface area contributed by atoms with Crippen molar-refractivity contribution in [2.45, 2.75) is 19.0 Å². The lowest BCUT2D eigenvalue weighted by Crippen LogP contribution is -2.35. The van der Waals surface area contributed by atoms with Gasteiger partial charge in [-0.1, -0.05) is 42.5 Å². The Morgan fingerprint density at radius 1 is 1.05 bits per heavy atom. The second kappa shape index (κ2) is 6.90. The maximum absolute atomic E-state index is 12.2. The van der Waals surface area contributed by atoms with E-state index in [4.69, 9.17) is 10.5 Å². The summed E-state index contributed by atoms with van der Waals surface area (Å²) in [5.41, 5.74) is 7.79. The van der Waals surface area contributed by atoms with Gasteiger partial charge in [-0.05, 0) is 30.2 Å². The zero-order valence-electron chi connectivity index (χ0n) is 12.2. The van der Waals surface area contributed by atoms with Crippen molar-refractivity contribution >= 4 is 5.91 Å². The zero-order valence-corrected chi connectivity index (χ0v) is 12.2. The van der Waals surface area contributed by atoms with Gasteiger partial charge in [-0.3, -0.25) is 4.79 Å². The van der Waals surface area contributed by atoms with Crippen LogP contribution in [-0.2, 0) is 4.79 Å². The molecular weight excluding hydrogens is 264 g/mol. The summed E-state index contributed by atoms with van der Waals surface area (Å²) in [4.78, 5) is 12.2. The number of hydrogen-bond donors (Lipinski definition) is 2. The van der Waals surface area contributed by atoms with Crippen molar-refractivity contribution in [3.05, 3.63) is 65.7 Å². The van der Waals surface area contributed by atoms with Crippen molar-refractivity contribution in [1.82, 2.24) is 5.32 Å². The van der Waals surface area contributed by atoms with E-state index in [1.807, 2.05) is 61.5 Å². The molecule has 2 aromatic carbocycles. The molecule has 3 N–H and O–H groups in total. The normalized spacial score (nSPS) is 13.3. The summed E-state index contributed by atoms with van der Waals surface area (Å²) < 4.78 is 5.12. The highest BCUT2D eigenvalue weighted by Crippen LogP contribution is 2.18. The molecule has 4 heteroatoms. The van der Waals surface area contributed by atoms with Crippen LogP contribution in [0, 0.1) is 0 Å². The largest absolute Gasteiger partial charge is 0.497 e. The molecule has 21 heavy (non-hydrogen) atoms. The minimum atomic E-state index is -0.660. The number of ether oxygens (including phenoxy) is 1. The first-order valence-corrected chi connectivity index (χ1v) is 6.86. The van der Waals surface area contributed by atoms with E-state index < -0.39 is 6.04 Å². The smallest absolute Gasteiger partial charge is 0.241 e. The Bertz CT molecular complexity index is 581. The van der Waals surface area contributed by atoms with Crippen molar-refractivity contribution in [3.8, 4) is 5.75 Å². The molecule has 0 aromatic heterocycles. The fourth-order valence-corrected chi connectivity index (χ4v) is 2.09. The standard InChI is InChI=1S/C17H20N2O2/c1-12(13-8-10-15(21-2)11-9-13)19-17(20)16(18)14-6-4-3-5-7-14/h3-12,16H,18H2,1-2H3,(H,19,20)/t12-,16-/m0/s1. The van der Waals surface area contributed by atoms with Crippen LogP contribution in [0.4, 0.5) is 0 Å². The summed E-state index contributed by atoms with van der Waals surface area (Å²) in [5.74, 6) is 0.600. The molecule has 0 saturated heterocycles. The third-order valence-electron chi connectivity index (χ3n) is 3.42. The first-order chi connectivity index (χ1) is 10.1. The zero-order chi connectivity index (χ0) is 15.2. The van der Waals surface area contributed by atoms with E-state index in [-0.39, 0.29) is 11.9 Å². The van der Waals surface area contributed by atoms with Gasteiger partial charge in [0, 0.05) is 0 Å². The molecule has 2 atom stereocenters. The fourth-order valence-electron chi connectivity index (χ4n) is 2.09. The van der Waals surface area contributed by atoms with Crippen LogP contribution in [0.3, 0.4) is 0 Å². The summed E-state index contributed by atoms with van der Waals surface area (Å²) in [7, 11) is 1.62. The molecule has 0 radical (unpaired) electrons. The van der Waals surface area contributed by atoms with Crippen molar-refractivity contribution in [2.75, 3.05) is 7.11 Å². The molecule has 0 spiro atoms. The molecule has 110 valence electrons. The van der Waals surface area contributed by atoms with E-state index >= 15 is 0 Å². The number of benzene rings is 2. The van der Waals surface area contributed by atoms with Crippen LogP contribution >= 0.6 is 0 Å². The Morgan fingerprint density at radius 2 is 1.67 bits per heavy atom. The molecule has 0 saturated carbocycles. The van der Waals surface area contributed by atoms with Gasteiger partial charge in [0.2, 0.25) is 5.91 Å². The molecular formula is C17H20N2O2. The molecule has 0 bridgehead atoms.